The predicted molar refractivity (Wildman–Crippen MR) is 134 cm³/mol. The minimum absolute atomic E-state index is 0.0593. The zero-order valence-electron chi connectivity index (χ0n) is 19.3. The van der Waals surface area contributed by atoms with Crippen molar-refractivity contribution < 1.29 is 19.4 Å². The minimum Gasteiger partial charge on any atom is -0.494 e. The van der Waals surface area contributed by atoms with Crippen molar-refractivity contribution in [2.75, 3.05) is 13.2 Å². The lowest BCUT2D eigenvalue weighted by Gasteiger charge is -2.16. The number of nitrogens with zero attached hydrogens (tertiary/aromatic N) is 1. The lowest BCUT2D eigenvalue weighted by molar-refractivity contribution is -0.150. The number of carboxylic acids is 1. The standard InChI is InChI=1S/C28H29NO5/c1-2-17-34-26(28(31)32)19-20-12-14-21(15-13-20)33-18-7-16-29-24-10-5-3-8-22(24)27(30)23-9-4-6-11-25(23)29/h3-6,8-15,26H,2,7,16-19H2,1H3,(H,31,32). The quantitative estimate of drug-likeness (QED) is 0.251. The first-order valence-electron chi connectivity index (χ1n) is 11.6. The van der Waals surface area contributed by atoms with Crippen molar-refractivity contribution in [3.05, 3.63) is 88.6 Å². The van der Waals surface area contributed by atoms with Gasteiger partial charge in [-0.2, -0.15) is 0 Å². The second-order valence-electron chi connectivity index (χ2n) is 8.26. The number of pyridine rings is 1. The van der Waals surface area contributed by atoms with Gasteiger partial charge in [0.05, 0.1) is 17.6 Å². The Bertz CT molecular complexity index is 1270. The molecule has 0 aliphatic rings. The van der Waals surface area contributed by atoms with Gasteiger partial charge in [-0.1, -0.05) is 43.3 Å². The summed E-state index contributed by atoms with van der Waals surface area (Å²) in [6.45, 7) is 3.62. The maximum Gasteiger partial charge on any atom is 0.333 e. The Balaban J connectivity index is 1.40. The van der Waals surface area contributed by atoms with Crippen LogP contribution in [0.4, 0.5) is 0 Å². The van der Waals surface area contributed by atoms with Crippen LogP contribution >= 0.6 is 0 Å². The Morgan fingerprint density at radius 2 is 1.53 bits per heavy atom. The van der Waals surface area contributed by atoms with Gasteiger partial charge in [-0.15, -0.1) is 0 Å². The molecule has 0 aliphatic carbocycles. The van der Waals surface area contributed by atoms with Crippen molar-refractivity contribution >= 4 is 27.8 Å². The molecule has 1 unspecified atom stereocenters. The zero-order valence-corrected chi connectivity index (χ0v) is 19.3. The molecule has 4 rings (SSSR count). The molecular weight excluding hydrogens is 430 g/mol. The summed E-state index contributed by atoms with van der Waals surface area (Å²) in [5.41, 5.74) is 2.80. The van der Waals surface area contributed by atoms with E-state index in [0.717, 1.165) is 46.0 Å². The van der Waals surface area contributed by atoms with Crippen LogP contribution in [0.15, 0.2) is 77.6 Å². The second-order valence-corrected chi connectivity index (χ2v) is 8.26. The SMILES string of the molecule is CCCOC(Cc1ccc(OCCCn2c3ccccc3c(=O)c3ccccc32)cc1)C(=O)O. The Labute approximate surface area is 198 Å². The normalized spacial score (nSPS) is 12.1. The maximum absolute atomic E-state index is 12.9. The first-order valence-corrected chi connectivity index (χ1v) is 11.6. The number of hydrogen-bond donors (Lipinski definition) is 1. The molecule has 0 radical (unpaired) electrons. The molecule has 6 heteroatoms. The highest BCUT2D eigenvalue weighted by atomic mass is 16.5. The first kappa shape index (κ1) is 23.5. The smallest absolute Gasteiger partial charge is 0.333 e. The van der Waals surface area contributed by atoms with Crippen LogP contribution in [0.5, 0.6) is 5.75 Å². The van der Waals surface area contributed by atoms with Crippen LogP contribution in [0.25, 0.3) is 21.8 Å². The van der Waals surface area contributed by atoms with Crippen molar-refractivity contribution in [2.24, 2.45) is 0 Å². The molecule has 1 atom stereocenters. The van der Waals surface area contributed by atoms with Gasteiger partial charge in [0.15, 0.2) is 11.5 Å². The van der Waals surface area contributed by atoms with Gasteiger partial charge in [0.2, 0.25) is 0 Å². The van der Waals surface area contributed by atoms with Crippen molar-refractivity contribution in [1.82, 2.24) is 4.57 Å². The molecule has 1 N–H and O–H groups in total. The van der Waals surface area contributed by atoms with Crippen LogP contribution in [0.1, 0.15) is 25.3 Å². The average molecular weight is 460 g/mol. The number of carbonyl (C=O) groups is 1. The summed E-state index contributed by atoms with van der Waals surface area (Å²) in [4.78, 5) is 24.2. The number of aryl methyl sites for hydroxylation is 1. The van der Waals surface area contributed by atoms with Crippen LogP contribution in [0.2, 0.25) is 0 Å². The number of para-hydroxylation sites is 2. The van der Waals surface area contributed by atoms with E-state index in [1.807, 2.05) is 79.7 Å². The van der Waals surface area contributed by atoms with E-state index in [1.54, 1.807) is 0 Å². The Morgan fingerprint density at radius 3 is 2.12 bits per heavy atom. The van der Waals surface area contributed by atoms with Gasteiger partial charge in [0.1, 0.15) is 5.75 Å². The highest BCUT2D eigenvalue weighted by Crippen LogP contribution is 2.20. The van der Waals surface area contributed by atoms with E-state index in [1.165, 1.54) is 0 Å². The summed E-state index contributed by atoms with van der Waals surface area (Å²) in [5.74, 6) is -0.212. The van der Waals surface area contributed by atoms with E-state index >= 15 is 0 Å². The van der Waals surface area contributed by atoms with Crippen molar-refractivity contribution in [3.63, 3.8) is 0 Å². The van der Waals surface area contributed by atoms with Crippen LogP contribution in [0, 0.1) is 0 Å². The third-order valence-electron chi connectivity index (χ3n) is 5.82. The fourth-order valence-electron chi connectivity index (χ4n) is 4.14. The topological polar surface area (TPSA) is 77.8 Å². The zero-order chi connectivity index (χ0) is 23.9. The summed E-state index contributed by atoms with van der Waals surface area (Å²) in [6, 6.07) is 22.9. The molecule has 0 amide bonds. The van der Waals surface area contributed by atoms with Gasteiger partial charge in [0, 0.05) is 30.3 Å². The van der Waals surface area contributed by atoms with Crippen LogP contribution in [-0.2, 0) is 22.5 Å². The van der Waals surface area contributed by atoms with E-state index in [4.69, 9.17) is 9.47 Å². The van der Waals surface area contributed by atoms with Gasteiger partial charge >= 0.3 is 5.97 Å². The number of fused-ring (bicyclic) bond motifs is 2. The predicted octanol–water partition coefficient (Wildman–Crippen LogP) is 5.05. The third kappa shape index (κ3) is 5.29. The summed E-state index contributed by atoms with van der Waals surface area (Å²) < 4.78 is 13.5. The Morgan fingerprint density at radius 1 is 0.912 bits per heavy atom. The summed E-state index contributed by atoms with van der Waals surface area (Å²) >= 11 is 0. The molecule has 34 heavy (non-hydrogen) atoms. The summed E-state index contributed by atoms with van der Waals surface area (Å²) in [7, 11) is 0. The first-order chi connectivity index (χ1) is 16.6. The third-order valence-corrected chi connectivity index (χ3v) is 5.82. The van der Waals surface area contributed by atoms with Crippen molar-refractivity contribution in [1.29, 1.82) is 0 Å². The number of aromatic nitrogens is 1. The lowest BCUT2D eigenvalue weighted by Crippen LogP contribution is -2.26. The molecule has 1 heterocycles. The number of rotatable bonds is 11. The Hall–Kier alpha value is -3.64. The van der Waals surface area contributed by atoms with Crippen LogP contribution < -0.4 is 10.2 Å². The molecule has 1 aromatic heterocycles. The molecule has 6 nitrogen and oxygen atoms in total. The molecule has 0 fully saturated rings. The van der Waals surface area contributed by atoms with Gasteiger partial charge in [-0.3, -0.25) is 4.79 Å². The van der Waals surface area contributed by atoms with E-state index in [-0.39, 0.29) is 5.43 Å². The highest BCUT2D eigenvalue weighted by molar-refractivity contribution is 5.93. The molecule has 3 aromatic carbocycles. The highest BCUT2D eigenvalue weighted by Gasteiger charge is 2.18. The molecule has 4 aromatic rings. The number of benzene rings is 3. The summed E-state index contributed by atoms with van der Waals surface area (Å²) in [6.07, 6.45) is 1.03. The van der Waals surface area contributed by atoms with E-state index in [9.17, 15) is 14.7 Å². The molecular formula is C28H29NO5. The fraction of sp³-hybridized carbons (Fsp3) is 0.286. The summed E-state index contributed by atoms with van der Waals surface area (Å²) in [5, 5.41) is 10.8. The van der Waals surface area contributed by atoms with Crippen LogP contribution in [-0.4, -0.2) is 35.0 Å². The lowest BCUT2D eigenvalue weighted by atomic mass is 10.1. The molecule has 176 valence electrons. The molecule has 0 aliphatic heterocycles. The van der Waals surface area contributed by atoms with Gasteiger partial charge < -0.3 is 19.1 Å². The number of carboxylic acid groups (broad SMARTS) is 1. The van der Waals surface area contributed by atoms with E-state index in [0.29, 0.717) is 26.2 Å². The van der Waals surface area contributed by atoms with Crippen molar-refractivity contribution in [3.8, 4) is 5.75 Å². The van der Waals surface area contributed by atoms with Crippen LogP contribution in [0.3, 0.4) is 0 Å². The Kier molecular flexibility index (Phi) is 7.60. The largest absolute Gasteiger partial charge is 0.494 e. The van der Waals surface area contributed by atoms with E-state index < -0.39 is 12.1 Å². The maximum atomic E-state index is 12.9. The molecule has 0 saturated heterocycles. The molecule has 0 spiro atoms. The molecule has 0 bridgehead atoms. The van der Waals surface area contributed by atoms with Gasteiger partial charge in [-0.05, 0) is 54.8 Å². The second kappa shape index (κ2) is 11.0. The van der Waals surface area contributed by atoms with Gasteiger partial charge in [0.25, 0.3) is 0 Å². The average Bonchev–Trinajstić information content (AvgIpc) is 2.86. The minimum atomic E-state index is -0.948. The monoisotopic (exact) mass is 459 g/mol. The number of ether oxygens (including phenoxy) is 2. The van der Waals surface area contributed by atoms with E-state index in [2.05, 4.69) is 4.57 Å². The number of hydrogen-bond acceptors (Lipinski definition) is 4. The van der Waals surface area contributed by atoms with Gasteiger partial charge in [-0.25, -0.2) is 4.79 Å². The fourth-order valence-corrected chi connectivity index (χ4v) is 4.14. The number of aliphatic carboxylic acids is 1. The van der Waals surface area contributed by atoms with Crippen molar-refractivity contribution in [2.45, 2.75) is 38.8 Å². The molecule has 0 saturated carbocycles.